The minimum Gasteiger partial charge on any atom is -0.369 e. The minimum absolute atomic E-state index is 0.221. The van der Waals surface area contributed by atoms with E-state index >= 15 is 0 Å². The van der Waals surface area contributed by atoms with Gasteiger partial charge >= 0.3 is 0 Å². The van der Waals surface area contributed by atoms with Gasteiger partial charge in [0.1, 0.15) is 12.2 Å². The van der Waals surface area contributed by atoms with Gasteiger partial charge in [-0.05, 0) is 42.5 Å². The number of piperidine rings is 1. The van der Waals surface area contributed by atoms with E-state index in [-0.39, 0.29) is 10.8 Å². The van der Waals surface area contributed by atoms with E-state index in [1.807, 2.05) is 17.7 Å². The molecule has 4 heterocycles. The molecule has 0 bridgehead atoms. The lowest BCUT2D eigenvalue weighted by atomic mass is 9.94. The Morgan fingerprint density at radius 3 is 2.62 bits per heavy atom. The first-order valence-corrected chi connectivity index (χ1v) is 13.2. The van der Waals surface area contributed by atoms with E-state index in [1.165, 1.54) is 23.6 Å². The van der Waals surface area contributed by atoms with E-state index in [2.05, 4.69) is 24.8 Å². The molecule has 5 rings (SSSR count). The summed E-state index contributed by atoms with van der Waals surface area (Å²) in [6, 6.07) is 9.99. The maximum atomic E-state index is 13.5. The summed E-state index contributed by atoms with van der Waals surface area (Å²) in [6.45, 7) is 1.41. The van der Waals surface area contributed by atoms with Crippen LogP contribution in [0.2, 0.25) is 0 Å². The molecular formula is C23H23FN6O2S2. The SMILES string of the molecule is Cn1cnnc1C1CCN(c2c(NS(=O)(=O)c3ccsc3)cccc2-c2ccc(F)nc2)CC1. The van der Waals surface area contributed by atoms with Crippen molar-refractivity contribution in [3.8, 4) is 11.1 Å². The van der Waals surface area contributed by atoms with Gasteiger partial charge in [-0.2, -0.15) is 15.7 Å². The second-order valence-electron chi connectivity index (χ2n) is 8.20. The molecule has 176 valence electrons. The highest BCUT2D eigenvalue weighted by molar-refractivity contribution is 7.92. The van der Waals surface area contributed by atoms with E-state index in [0.29, 0.717) is 24.3 Å². The van der Waals surface area contributed by atoms with Gasteiger partial charge < -0.3 is 9.47 Å². The lowest BCUT2D eigenvalue weighted by Crippen LogP contribution is -2.34. The largest absolute Gasteiger partial charge is 0.369 e. The van der Waals surface area contributed by atoms with E-state index < -0.39 is 16.0 Å². The number of benzene rings is 1. The monoisotopic (exact) mass is 498 g/mol. The Balaban J connectivity index is 1.52. The maximum absolute atomic E-state index is 13.5. The number of nitrogens with one attached hydrogen (secondary N) is 1. The van der Waals surface area contributed by atoms with E-state index in [4.69, 9.17) is 0 Å². The number of hydrogen-bond donors (Lipinski definition) is 1. The smallest absolute Gasteiger partial charge is 0.262 e. The predicted molar refractivity (Wildman–Crippen MR) is 130 cm³/mol. The maximum Gasteiger partial charge on any atom is 0.262 e. The summed E-state index contributed by atoms with van der Waals surface area (Å²) in [4.78, 5) is 6.20. The number of anilines is 2. The number of nitrogens with zero attached hydrogens (tertiary/aromatic N) is 5. The van der Waals surface area contributed by atoms with Crippen LogP contribution in [0.15, 0.2) is 64.6 Å². The van der Waals surface area contributed by atoms with Crippen LogP contribution >= 0.6 is 11.3 Å². The van der Waals surface area contributed by atoms with Gasteiger partial charge in [-0.3, -0.25) is 4.72 Å². The average molecular weight is 499 g/mol. The Morgan fingerprint density at radius 2 is 1.97 bits per heavy atom. The molecule has 11 heteroatoms. The van der Waals surface area contributed by atoms with Gasteiger partial charge in [0.2, 0.25) is 5.95 Å². The van der Waals surface area contributed by atoms with Crippen LogP contribution < -0.4 is 9.62 Å². The summed E-state index contributed by atoms with van der Waals surface area (Å²) in [5.41, 5.74) is 2.73. The van der Waals surface area contributed by atoms with Crippen molar-refractivity contribution in [1.82, 2.24) is 19.7 Å². The van der Waals surface area contributed by atoms with Crippen LogP contribution in [0, 0.1) is 5.95 Å². The quantitative estimate of drug-likeness (QED) is 0.399. The standard InChI is InChI=1S/C23H23FN6O2S2/c1-29-15-26-27-23(29)16-7-10-30(11-8-16)22-19(17-5-6-21(24)25-13-17)3-2-4-20(22)28-34(31,32)18-9-12-33-14-18/h2-6,9,12-16,28H,7-8,10-11H2,1H3. The summed E-state index contributed by atoms with van der Waals surface area (Å²) < 4.78 is 44.3. The highest BCUT2D eigenvalue weighted by Gasteiger charge is 2.28. The third-order valence-corrected chi connectivity index (χ3v) is 8.24. The van der Waals surface area contributed by atoms with Gasteiger partial charge in [0, 0.05) is 48.8 Å². The Kier molecular flexibility index (Phi) is 6.05. The summed E-state index contributed by atoms with van der Waals surface area (Å²) in [5, 5.41) is 11.6. The zero-order valence-electron chi connectivity index (χ0n) is 18.4. The van der Waals surface area contributed by atoms with E-state index in [1.54, 1.807) is 41.4 Å². The first kappa shape index (κ1) is 22.5. The number of para-hydroxylation sites is 1. The fourth-order valence-corrected chi connectivity index (χ4v) is 6.46. The predicted octanol–water partition coefficient (Wildman–Crippen LogP) is 4.26. The molecule has 1 aliphatic rings. The number of pyridine rings is 1. The Bertz CT molecular complexity index is 1380. The molecule has 0 unspecified atom stereocenters. The van der Waals surface area contributed by atoms with E-state index in [9.17, 15) is 12.8 Å². The molecule has 0 saturated carbocycles. The van der Waals surface area contributed by atoms with Crippen molar-refractivity contribution in [2.75, 3.05) is 22.7 Å². The highest BCUT2D eigenvalue weighted by atomic mass is 32.2. The fraction of sp³-hybridized carbons (Fsp3) is 0.261. The lowest BCUT2D eigenvalue weighted by Gasteiger charge is -2.35. The molecule has 1 N–H and O–H groups in total. The van der Waals surface area contributed by atoms with Crippen LogP contribution in [0.25, 0.3) is 11.1 Å². The van der Waals surface area contributed by atoms with Gasteiger partial charge in [-0.1, -0.05) is 12.1 Å². The van der Waals surface area contributed by atoms with Crippen LogP contribution in [0.1, 0.15) is 24.6 Å². The highest BCUT2D eigenvalue weighted by Crippen LogP contribution is 2.41. The second kappa shape index (κ2) is 9.15. The summed E-state index contributed by atoms with van der Waals surface area (Å²) >= 11 is 1.32. The van der Waals surface area contributed by atoms with Crippen LogP contribution in [0.3, 0.4) is 0 Å². The molecule has 1 saturated heterocycles. The molecule has 8 nitrogen and oxygen atoms in total. The number of aryl methyl sites for hydroxylation is 1. The molecule has 0 aliphatic carbocycles. The number of halogens is 1. The van der Waals surface area contributed by atoms with E-state index in [0.717, 1.165) is 29.9 Å². The Labute approximate surface area is 201 Å². The van der Waals surface area contributed by atoms with Gasteiger partial charge in [-0.25, -0.2) is 13.4 Å². The third-order valence-electron chi connectivity index (χ3n) is 6.05. The van der Waals surface area contributed by atoms with Crippen molar-refractivity contribution in [3.63, 3.8) is 0 Å². The molecule has 0 spiro atoms. The van der Waals surface area contributed by atoms with Crippen LogP contribution in [0.4, 0.5) is 15.8 Å². The number of sulfonamides is 1. The zero-order chi connectivity index (χ0) is 23.7. The molecule has 34 heavy (non-hydrogen) atoms. The fourth-order valence-electron chi connectivity index (χ4n) is 4.37. The van der Waals surface area contributed by atoms with Crippen LogP contribution in [-0.4, -0.2) is 41.3 Å². The zero-order valence-corrected chi connectivity index (χ0v) is 20.1. The Morgan fingerprint density at radius 1 is 1.15 bits per heavy atom. The molecule has 1 aromatic carbocycles. The topological polar surface area (TPSA) is 93.0 Å². The third kappa shape index (κ3) is 4.40. The van der Waals surface area contributed by atoms with Gasteiger partial charge in [0.05, 0.1) is 16.3 Å². The normalized spacial score (nSPS) is 14.9. The molecule has 1 aliphatic heterocycles. The first-order valence-electron chi connectivity index (χ1n) is 10.8. The molecule has 0 atom stereocenters. The summed E-state index contributed by atoms with van der Waals surface area (Å²) in [6.07, 6.45) is 4.87. The molecule has 3 aromatic heterocycles. The van der Waals surface area contributed by atoms with Crippen molar-refractivity contribution >= 4 is 32.7 Å². The van der Waals surface area contributed by atoms with Crippen LogP contribution in [0.5, 0.6) is 0 Å². The van der Waals surface area contributed by atoms with Crippen LogP contribution in [-0.2, 0) is 17.1 Å². The average Bonchev–Trinajstić information content (AvgIpc) is 3.52. The van der Waals surface area contributed by atoms with Crippen molar-refractivity contribution in [3.05, 3.63) is 71.5 Å². The lowest BCUT2D eigenvalue weighted by molar-refractivity contribution is 0.474. The summed E-state index contributed by atoms with van der Waals surface area (Å²) in [7, 11) is -1.81. The number of hydrogen-bond acceptors (Lipinski definition) is 7. The van der Waals surface area contributed by atoms with Gasteiger partial charge in [0.15, 0.2) is 0 Å². The molecule has 1 fully saturated rings. The molecule has 0 amide bonds. The van der Waals surface area contributed by atoms with Crippen molar-refractivity contribution < 1.29 is 12.8 Å². The molecule has 4 aromatic rings. The number of rotatable bonds is 6. The first-order chi connectivity index (χ1) is 16.4. The van der Waals surface area contributed by atoms with Crippen molar-refractivity contribution in [2.45, 2.75) is 23.7 Å². The van der Waals surface area contributed by atoms with Gasteiger partial charge in [0.25, 0.3) is 10.0 Å². The molecular weight excluding hydrogens is 475 g/mol. The second-order valence-corrected chi connectivity index (χ2v) is 10.7. The van der Waals surface area contributed by atoms with Crippen molar-refractivity contribution in [1.29, 1.82) is 0 Å². The van der Waals surface area contributed by atoms with Crippen molar-refractivity contribution in [2.24, 2.45) is 7.05 Å². The number of aromatic nitrogens is 4. The summed E-state index contributed by atoms with van der Waals surface area (Å²) in [5.74, 6) is 0.660. The number of thiophene rings is 1. The Hall–Kier alpha value is -3.31. The minimum atomic E-state index is -3.75. The molecule has 0 radical (unpaired) electrons. The van der Waals surface area contributed by atoms with Gasteiger partial charge in [-0.15, -0.1) is 10.2 Å².